The molecule has 1 rings (SSSR count). The smallest absolute Gasteiger partial charge is 0.251 e. The van der Waals surface area contributed by atoms with Crippen LogP contribution in [0.15, 0.2) is 24.3 Å². The molecule has 17 heavy (non-hydrogen) atoms. The number of nitrogens with zero attached hydrogens (tertiary/aromatic N) is 1. The molecule has 0 saturated heterocycles. The minimum atomic E-state index is 0.0176. The van der Waals surface area contributed by atoms with Gasteiger partial charge in [0.25, 0.3) is 5.91 Å². The molecule has 0 fully saturated rings. The van der Waals surface area contributed by atoms with Crippen molar-refractivity contribution in [1.82, 2.24) is 5.32 Å². The summed E-state index contributed by atoms with van der Waals surface area (Å²) in [5.74, 6) is 0.0176. The summed E-state index contributed by atoms with van der Waals surface area (Å²) < 4.78 is 0. The first-order valence-corrected chi connectivity index (χ1v) is 6.16. The molecule has 0 radical (unpaired) electrons. The van der Waals surface area contributed by atoms with Crippen molar-refractivity contribution in [2.45, 2.75) is 32.7 Å². The molecule has 0 saturated carbocycles. The van der Waals surface area contributed by atoms with Crippen LogP contribution in [0.1, 0.15) is 37.0 Å². The highest BCUT2D eigenvalue weighted by Gasteiger charge is 2.10. The second kappa shape index (κ2) is 6.28. The monoisotopic (exact) mass is 234 g/mol. The second-order valence-electron chi connectivity index (χ2n) is 4.43. The van der Waals surface area contributed by atoms with Crippen LogP contribution in [-0.4, -0.2) is 26.0 Å². The Morgan fingerprint density at radius 1 is 1.18 bits per heavy atom. The van der Waals surface area contributed by atoms with Crippen LogP contribution in [0.2, 0.25) is 0 Å². The molecule has 1 N–H and O–H groups in total. The number of carbonyl (C=O) groups excluding carboxylic acids is 1. The maximum atomic E-state index is 11.9. The lowest BCUT2D eigenvalue weighted by Gasteiger charge is -2.16. The highest BCUT2D eigenvalue weighted by atomic mass is 16.1. The number of benzene rings is 1. The molecule has 0 heterocycles. The fraction of sp³-hybridized carbons (Fsp3) is 0.500. The van der Waals surface area contributed by atoms with Gasteiger partial charge >= 0.3 is 0 Å². The molecule has 0 aromatic heterocycles. The third-order valence-corrected chi connectivity index (χ3v) is 2.97. The van der Waals surface area contributed by atoms with Crippen LogP contribution in [0.3, 0.4) is 0 Å². The van der Waals surface area contributed by atoms with Crippen LogP contribution in [-0.2, 0) is 0 Å². The predicted molar refractivity (Wildman–Crippen MR) is 72.6 cm³/mol. The van der Waals surface area contributed by atoms with Crippen molar-refractivity contribution in [3.63, 3.8) is 0 Å². The summed E-state index contributed by atoms with van der Waals surface area (Å²) in [5.41, 5.74) is 1.83. The molecule has 94 valence electrons. The standard InChI is InChI=1S/C14H22N2O/c1-5-12(6-2)15-14(17)11-7-9-13(10-8-11)16(3)4/h7-10,12H,5-6H2,1-4H3,(H,15,17). The largest absolute Gasteiger partial charge is 0.378 e. The molecule has 0 aliphatic rings. The first-order valence-electron chi connectivity index (χ1n) is 6.16. The Morgan fingerprint density at radius 2 is 1.71 bits per heavy atom. The number of hydrogen-bond acceptors (Lipinski definition) is 2. The normalized spacial score (nSPS) is 10.4. The van der Waals surface area contributed by atoms with E-state index >= 15 is 0 Å². The SMILES string of the molecule is CCC(CC)NC(=O)c1ccc(N(C)C)cc1. The summed E-state index contributed by atoms with van der Waals surface area (Å²) >= 11 is 0. The van der Waals surface area contributed by atoms with Gasteiger partial charge in [-0.2, -0.15) is 0 Å². The third kappa shape index (κ3) is 3.77. The molecular formula is C14H22N2O. The quantitative estimate of drug-likeness (QED) is 0.849. The second-order valence-corrected chi connectivity index (χ2v) is 4.43. The van der Waals surface area contributed by atoms with Gasteiger partial charge in [-0.15, -0.1) is 0 Å². The van der Waals surface area contributed by atoms with Crippen molar-refractivity contribution in [2.75, 3.05) is 19.0 Å². The number of hydrogen-bond donors (Lipinski definition) is 1. The molecule has 1 aromatic rings. The van der Waals surface area contributed by atoms with Crippen molar-refractivity contribution < 1.29 is 4.79 Å². The van der Waals surface area contributed by atoms with E-state index < -0.39 is 0 Å². The van der Waals surface area contributed by atoms with Crippen molar-refractivity contribution in [2.24, 2.45) is 0 Å². The Hall–Kier alpha value is -1.51. The third-order valence-electron chi connectivity index (χ3n) is 2.97. The molecule has 3 heteroatoms. The molecule has 3 nitrogen and oxygen atoms in total. The average molecular weight is 234 g/mol. The zero-order valence-electron chi connectivity index (χ0n) is 11.2. The average Bonchev–Trinajstić information content (AvgIpc) is 2.35. The Labute approximate surface area is 104 Å². The van der Waals surface area contributed by atoms with Crippen molar-refractivity contribution >= 4 is 11.6 Å². The zero-order chi connectivity index (χ0) is 12.8. The topological polar surface area (TPSA) is 32.3 Å². The van der Waals surface area contributed by atoms with Crippen LogP contribution in [0.5, 0.6) is 0 Å². The van der Waals surface area contributed by atoms with Gasteiger partial charge in [0.05, 0.1) is 0 Å². The number of amides is 1. The highest BCUT2D eigenvalue weighted by Crippen LogP contribution is 2.12. The summed E-state index contributed by atoms with van der Waals surface area (Å²) in [5, 5.41) is 3.03. The van der Waals surface area contributed by atoms with E-state index in [9.17, 15) is 4.79 Å². The minimum Gasteiger partial charge on any atom is -0.378 e. The molecule has 0 spiro atoms. The lowest BCUT2D eigenvalue weighted by atomic mass is 10.1. The zero-order valence-corrected chi connectivity index (χ0v) is 11.2. The van der Waals surface area contributed by atoms with Gasteiger partial charge in [0.1, 0.15) is 0 Å². The summed E-state index contributed by atoms with van der Waals surface area (Å²) in [6.45, 7) is 4.17. The number of rotatable bonds is 5. The van der Waals surface area contributed by atoms with Gasteiger partial charge in [-0.1, -0.05) is 13.8 Å². The number of anilines is 1. The van der Waals surface area contributed by atoms with Crippen LogP contribution in [0.4, 0.5) is 5.69 Å². The van der Waals surface area contributed by atoms with Crippen LogP contribution in [0, 0.1) is 0 Å². The van der Waals surface area contributed by atoms with E-state index in [2.05, 4.69) is 19.2 Å². The van der Waals surface area contributed by atoms with Crippen molar-refractivity contribution in [3.8, 4) is 0 Å². The summed E-state index contributed by atoms with van der Waals surface area (Å²) in [4.78, 5) is 13.9. The van der Waals surface area contributed by atoms with Crippen LogP contribution in [0.25, 0.3) is 0 Å². The van der Waals surface area contributed by atoms with E-state index in [1.807, 2.05) is 43.3 Å². The first-order chi connectivity index (χ1) is 8.08. The minimum absolute atomic E-state index is 0.0176. The number of carbonyl (C=O) groups is 1. The molecular weight excluding hydrogens is 212 g/mol. The summed E-state index contributed by atoms with van der Waals surface area (Å²) in [6, 6.07) is 7.93. The van der Waals surface area contributed by atoms with Gasteiger partial charge in [-0.25, -0.2) is 0 Å². The van der Waals surface area contributed by atoms with Gasteiger partial charge in [0, 0.05) is 31.4 Å². The lowest BCUT2D eigenvalue weighted by Crippen LogP contribution is -2.33. The van der Waals surface area contributed by atoms with Gasteiger partial charge in [-0.05, 0) is 37.1 Å². The lowest BCUT2D eigenvalue weighted by molar-refractivity contribution is 0.0935. The summed E-state index contributed by atoms with van der Waals surface area (Å²) in [7, 11) is 3.97. The molecule has 0 unspecified atom stereocenters. The Balaban J connectivity index is 2.69. The molecule has 0 atom stereocenters. The van der Waals surface area contributed by atoms with E-state index in [0.717, 1.165) is 24.1 Å². The fourth-order valence-corrected chi connectivity index (χ4v) is 1.67. The number of nitrogens with one attached hydrogen (secondary N) is 1. The molecule has 1 aromatic carbocycles. The first kappa shape index (κ1) is 13.6. The Morgan fingerprint density at radius 3 is 2.12 bits per heavy atom. The maximum absolute atomic E-state index is 11.9. The fourth-order valence-electron chi connectivity index (χ4n) is 1.67. The Bertz CT molecular complexity index is 353. The Kier molecular flexibility index (Phi) is 5.01. The maximum Gasteiger partial charge on any atom is 0.251 e. The van der Waals surface area contributed by atoms with Crippen LogP contribution >= 0.6 is 0 Å². The van der Waals surface area contributed by atoms with Gasteiger partial charge in [0.15, 0.2) is 0 Å². The van der Waals surface area contributed by atoms with E-state index in [1.165, 1.54) is 0 Å². The molecule has 0 aliphatic heterocycles. The van der Waals surface area contributed by atoms with Gasteiger partial charge in [0.2, 0.25) is 0 Å². The van der Waals surface area contributed by atoms with E-state index in [0.29, 0.717) is 0 Å². The van der Waals surface area contributed by atoms with E-state index in [1.54, 1.807) is 0 Å². The molecule has 0 aliphatic carbocycles. The van der Waals surface area contributed by atoms with Crippen molar-refractivity contribution in [1.29, 1.82) is 0 Å². The van der Waals surface area contributed by atoms with Crippen LogP contribution < -0.4 is 10.2 Å². The van der Waals surface area contributed by atoms with Crippen molar-refractivity contribution in [3.05, 3.63) is 29.8 Å². The van der Waals surface area contributed by atoms with E-state index in [4.69, 9.17) is 0 Å². The molecule has 0 bridgehead atoms. The van der Waals surface area contributed by atoms with Gasteiger partial charge in [-0.3, -0.25) is 4.79 Å². The molecule has 1 amide bonds. The highest BCUT2D eigenvalue weighted by molar-refractivity contribution is 5.94. The van der Waals surface area contributed by atoms with E-state index in [-0.39, 0.29) is 11.9 Å². The van der Waals surface area contributed by atoms with Gasteiger partial charge < -0.3 is 10.2 Å². The predicted octanol–water partition coefficient (Wildman–Crippen LogP) is 2.67. The summed E-state index contributed by atoms with van der Waals surface area (Å²) in [6.07, 6.45) is 1.94.